The van der Waals surface area contributed by atoms with Crippen molar-refractivity contribution in [2.24, 2.45) is 0 Å². The second kappa shape index (κ2) is 10.9. The standard InChI is InChI=1S/C20H22O3Te/c1-2-22-20(21)13-14-23-18(15-17-9-5-3-6-10-17)16-24-19-11-7-4-8-12-19/h3-14,18H,2,15-16H2,1H3/b14-13+. The summed E-state index contributed by atoms with van der Waals surface area (Å²) in [4.78, 5) is 11.4. The van der Waals surface area contributed by atoms with E-state index in [1.807, 2.05) is 24.3 Å². The van der Waals surface area contributed by atoms with Crippen molar-refractivity contribution in [1.29, 1.82) is 0 Å². The van der Waals surface area contributed by atoms with Crippen molar-refractivity contribution < 1.29 is 14.3 Å². The van der Waals surface area contributed by atoms with Crippen LogP contribution >= 0.6 is 0 Å². The summed E-state index contributed by atoms with van der Waals surface area (Å²) in [5.74, 6) is -0.365. The molecule has 0 radical (unpaired) electrons. The normalized spacial score (nSPS) is 12.0. The molecule has 2 rings (SSSR count). The molecule has 0 bridgehead atoms. The predicted octanol–water partition coefficient (Wildman–Crippen LogP) is 3.14. The summed E-state index contributed by atoms with van der Waals surface area (Å²) >= 11 is -0.321. The van der Waals surface area contributed by atoms with E-state index < -0.39 is 0 Å². The summed E-state index contributed by atoms with van der Waals surface area (Å²) in [6, 6.07) is 20.8. The molecular formula is C20H22O3Te. The van der Waals surface area contributed by atoms with Crippen molar-refractivity contribution in [3.8, 4) is 0 Å². The zero-order chi connectivity index (χ0) is 17.0. The summed E-state index contributed by atoms with van der Waals surface area (Å²) in [6.45, 7) is 2.16. The molecule has 126 valence electrons. The van der Waals surface area contributed by atoms with E-state index in [4.69, 9.17) is 9.47 Å². The third kappa shape index (κ3) is 7.21. The zero-order valence-electron chi connectivity index (χ0n) is 13.8. The van der Waals surface area contributed by atoms with Gasteiger partial charge in [-0.15, -0.1) is 0 Å². The van der Waals surface area contributed by atoms with E-state index in [1.165, 1.54) is 21.5 Å². The van der Waals surface area contributed by atoms with E-state index >= 15 is 0 Å². The molecule has 0 fully saturated rings. The zero-order valence-corrected chi connectivity index (χ0v) is 16.1. The predicted molar refractivity (Wildman–Crippen MR) is 97.4 cm³/mol. The Labute approximate surface area is 153 Å². The molecule has 0 amide bonds. The van der Waals surface area contributed by atoms with E-state index in [0.717, 1.165) is 10.9 Å². The third-order valence-electron chi connectivity index (χ3n) is 3.25. The SMILES string of the molecule is CCOC(=O)/C=C/OC(C[Te]c1ccccc1)Cc1ccccc1. The number of benzene rings is 2. The van der Waals surface area contributed by atoms with E-state index in [2.05, 4.69) is 36.4 Å². The van der Waals surface area contributed by atoms with Crippen LogP contribution < -0.4 is 3.61 Å². The maximum absolute atomic E-state index is 11.4. The Hall–Kier alpha value is -1.76. The fraction of sp³-hybridized carbons (Fsp3) is 0.250. The number of carbonyl (C=O) groups excluding carboxylic acids is 1. The van der Waals surface area contributed by atoms with Gasteiger partial charge in [0.25, 0.3) is 0 Å². The Morgan fingerprint density at radius 1 is 1.08 bits per heavy atom. The molecule has 0 aliphatic rings. The van der Waals surface area contributed by atoms with E-state index in [0.29, 0.717) is 6.61 Å². The Kier molecular flexibility index (Phi) is 8.44. The molecule has 3 nitrogen and oxygen atoms in total. The number of ether oxygens (including phenoxy) is 2. The van der Waals surface area contributed by atoms with Crippen molar-refractivity contribution in [3.05, 3.63) is 78.6 Å². The summed E-state index contributed by atoms with van der Waals surface area (Å²) < 4.78 is 13.1. The van der Waals surface area contributed by atoms with Crippen LogP contribution in [0.1, 0.15) is 12.5 Å². The topological polar surface area (TPSA) is 35.5 Å². The fourth-order valence-electron chi connectivity index (χ4n) is 2.13. The van der Waals surface area contributed by atoms with E-state index in [9.17, 15) is 4.79 Å². The number of carbonyl (C=O) groups is 1. The molecule has 0 aliphatic heterocycles. The monoisotopic (exact) mass is 440 g/mol. The maximum atomic E-state index is 11.4. The first kappa shape index (κ1) is 18.6. The van der Waals surface area contributed by atoms with Crippen molar-refractivity contribution in [1.82, 2.24) is 0 Å². The molecule has 0 aliphatic carbocycles. The Morgan fingerprint density at radius 3 is 2.42 bits per heavy atom. The van der Waals surface area contributed by atoms with Crippen LogP contribution in [0.2, 0.25) is 4.47 Å². The summed E-state index contributed by atoms with van der Waals surface area (Å²) in [6.07, 6.45) is 3.74. The molecule has 0 N–H and O–H groups in total. The first-order chi connectivity index (χ1) is 11.8. The van der Waals surface area contributed by atoms with Crippen LogP contribution in [0.4, 0.5) is 0 Å². The van der Waals surface area contributed by atoms with Crippen LogP contribution in [0.15, 0.2) is 73.0 Å². The quantitative estimate of drug-likeness (QED) is 0.262. The minimum absolute atomic E-state index is 0.0701. The van der Waals surface area contributed by atoms with Crippen LogP contribution in [-0.4, -0.2) is 39.6 Å². The van der Waals surface area contributed by atoms with Gasteiger partial charge in [0.15, 0.2) is 0 Å². The molecule has 4 heteroatoms. The molecule has 0 saturated carbocycles. The van der Waals surface area contributed by atoms with Crippen molar-refractivity contribution >= 4 is 30.5 Å². The van der Waals surface area contributed by atoms with Crippen LogP contribution in [0.25, 0.3) is 0 Å². The first-order valence-electron chi connectivity index (χ1n) is 7.98. The van der Waals surface area contributed by atoms with Gasteiger partial charge in [0.1, 0.15) is 0 Å². The summed E-state index contributed by atoms with van der Waals surface area (Å²) in [7, 11) is 0. The summed E-state index contributed by atoms with van der Waals surface area (Å²) in [5, 5.41) is 0. The van der Waals surface area contributed by atoms with Gasteiger partial charge in [-0.05, 0) is 0 Å². The number of esters is 1. The molecule has 0 saturated heterocycles. The second-order valence-electron chi connectivity index (χ2n) is 5.13. The van der Waals surface area contributed by atoms with Crippen molar-refractivity contribution in [3.63, 3.8) is 0 Å². The molecule has 2 aromatic carbocycles. The van der Waals surface area contributed by atoms with Crippen LogP contribution in [0, 0.1) is 0 Å². The molecular weight excluding hydrogens is 416 g/mol. The molecule has 0 heterocycles. The van der Waals surface area contributed by atoms with Gasteiger partial charge in [-0.3, -0.25) is 0 Å². The van der Waals surface area contributed by atoms with Crippen LogP contribution in [0.3, 0.4) is 0 Å². The van der Waals surface area contributed by atoms with Gasteiger partial charge >= 0.3 is 154 Å². The molecule has 1 atom stereocenters. The van der Waals surface area contributed by atoms with Gasteiger partial charge in [0, 0.05) is 0 Å². The third-order valence-corrected chi connectivity index (χ3v) is 6.51. The van der Waals surface area contributed by atoms with Crippen molar-refractivity contribution in [2.75, 3.05) is 6.61 Å². The average molecular weight is 438 g/mol. The average Bonchev–Trinajstić information content (AvgIpc) is 2.61. The Bertz CT molecular complexity index is 626. The van der Waals surface area contributed by atoms with Crippen LogP contribution in [0.5, 0.6) is 0 Å². The van der Waals surface area contributed by atoms with Crippen LogP contribution in [-0.2, 0) is 20.7 Å². The molecule has 2 aromatic rings. The Morgan fingerprint density at radius 2 is 1.75 bits per heavy atom. The van der Waals surface area contributed by atoms with Gasteiger partial charge in [-0.2, -0.15) is 0 Å². The minimum atomic E-state index is -0.365. The molecule has 24 heavy (non-hydrogen) atoms. The summed E-state index contributed by atoms with van der Waals surface area (Å²) in [5.41, 5.74) is 1.24. The van der Waals surface area contributed by atoms with Gasteiger partial charge in [0.05, 0.1) is 0 Å². The van der Waals surface area contributed by atoms with Gasteiger partial charge < -0.3 is 0 Å². The Balaban J connectivity index is 1.94. The second-order valence-corrected chi connectivity index (χ2v) is 8.25. The fourth-order valence-corrected chi connectivity index (χ4v) is 4.76. The molecule has 0 spiro atoms. The molecule has 1 unspecified atom stereocenters. The van der Waals surface area contributed by atoms with Gasteiger partial charge in [-0.1, -0.05) is 0 Å². The van der Waals surface area contributed by atoms with Gasteiger partial charge in [0.2, 0.25) is 0 Å². The van der Waals surface area contributed by atoms with Crippen molar-refractivity contribution in [2.45, 2.75) is 23.9 Å². The first-order valence-corrected chi connectivity index (χ1v) is 10.8. The van der Waals surface area contributed by atoms with E-state index in [1.54, 1.807) is 6.92 Å². The number of rotatable bonds is 9. The van der Waals surface area contributed by atoms with Gasteiger partial charge in [-0.25, -0.2) is 0 Å². The molecule has 0 aromatic heterocycles. The van der Waals surface area contributed by atoms with E-state index in [-0.39, 0.29) is 33.0 Å². The number of hydrogen-bond acceptors (Lipinski definition) is 3. The number of hydrogen-bond donors (Lipinski definition) is 0.